The second-order valence-corrected chi connectivity index (χ2v) is 5.97. The number of benzene rings is 1. The summed E-state index contributed by atoms with van der Waals surface area (Å²) in [5.41, 5.74) is 3.81. The van der Waals surface area contributed by atoms with Gasteiger partial charge < -0.3 is 0 Å². The summed E-state index contributed by atoms with van der Waals surface area (Å²) in [6, 6.07) is 6.73. The largest absolute Gasteiger partial charge is 0.0609 e. The van der Waals surface area contributed by atoms with Crippen molar-refractivity contribution in [3.05, 3.63) is 33.8 Å². The molecule has 0 saturated heterocycles. The van der Waals surface area contributed by atoms with Gasteiger partial charge in [-0.15, -0.1) is 0 Å². The van der Waals surface area contributed by atoms with Gasteiger partial charge in [0.05, 0.1) is 0 Å². The molecule has 1 aromatic rings. The lowest BCUT2D eigenvalue weighted by atomic mass is 9.70. The summed E-state index contributed by atoms with van der Waals surface area (Å²) in [4.78, 5) is 0. The molecule has 1 saturated carbocycles. The second kappa shape index (κ2) is 3.62. The Labute approximate surface area is 100 Å². The van der Waals surface area contributed by atoms with E-state index in [1.54, 1.807) is 11.1 Å². The number of aryl methyl sites for hydroxylation is 1. The Balaban J connectivity index is 2.09. The number of halogens is 1. The smallest absolute Gasteiger partial charge is 0.0215 e. The predicted octanol–water partition coefficient (Wildman–Crippen LogP) is 4.60. The maximum atomic E-state index is 3.76. The van der Waals surface area contributed by atoms with Gasteiger partial charge >= 0.3 is 0 Å². The SMILES string of the molecule is Brc1cccc2c1C1(CCCCC1)CC2. The van der Waals surface area contributed by atoms with E-state index in [0.717, 1.165) is 0 Å². The number of fused-ring (bicyclic) bond motifs is 2. The zero-order chi connectivity index (χ0) is 10.3. The lowest BCUT2D eigenvalue weighted by Crippen LogP contribution is -2.26. The first-order valence-electron chi connectivity index (χ1n) is 6.10. The molecule has 1 aromatic carbocycles. The molecule has 80 valence electrons. The minimum absolute atomic E-state index is 0.549. The van der Waals surface area contributed by atoms with Crippen LogP contribution >= 0.6 is 15.9 Å². The Hall–Kier alpha value is -0.300. The lowest BCUT2D eigenvalue weighted by Gasteiger charge is -2.35. The molecule has 0 aromatic heterocycles. The lowest BCUT2D eigenvalue weighted by molar-refractivity contribution is 0.291. The third-order valence-electron chi connectivity index (χ3n) is 4.31. The first-order chi connectivity index (χ1) is 7.32. The molecule has 0 heterocycles. The third kappa shape index (κ3) is 1.47. The van der Waals surface area contributed by atoms with Crippen molar-refractivity contribution < 1.29 is 0 Å². The Morgan fingerprint density at radius 3 is 2.60 bits per heavy atom. The Morgan fingerprint density at radius 1 is 1.00 bits per heavy atom. The summed E-state index contributed by atoms with van der Waals surface area (Å²) >= 11 is 3.76. The highest BCUT2D eigenvalue weighted by Gasteiger charge is 2.40. The van der Waals surface area contributed by atoms with Gasteiger partial charge in [-0.1, -0.05) is 47.3 Å². The van der Waals surface area contributed by atoms with Gasteiger partial charge in [-0.05, 0) is 48.3 Å². The van der Waals surface area contributed by atoms with Crippen LogP contribution in [0.5, 0.6) is 0 Å². The molecule has 2 aliphatic carbocycles. The highest BCUT2D eigenvalue weighted by Crippen LogP contribution is 2.51. The standard InChI is InChI=1S/C14H17Br/c15-12-6-4-5-11-7-10-14(13(11)12)8-2-1-3-9-14/h4-6H,1-3,7-10H2. The number of hydrogen-bond acceptors (Lipinski definition) is 0. The fourth-order valence-electron chi connectivity index (χ4n) is 3.60. The summed E-state index contributed by atoms with van der Waals surface area (Å²) in [6.07, 6.45) is 9.84. The van der Waals surface area contributed by atoms with E-state index in [4.69, 9.17) is 0 Å². The van der Waals surface area contributed by atoms with Gasteiger partial charge in [0, 0.05) is 4.47 Å². The van der Waals surface area contributed by atoms with Crippen molar-refractivity contribution in [2.45, 2.75) is 50.4 Å². The summed E-state index contributed by atoms with van der Waals surface area (Å²) in [5, 5.41) is 0. The Bertz CT molecular complexity index is 369. The molecule has 0 atom stereocenters. The quantitative estimate of drug-likeness (QED) is 0.643. The van der Waals surface area contributed by atoms with E-state index >= 15 is 0 Å². The van der Waals surface area contributed by atoms with Crippen molar-refractivity contribution >= 4 is 15.9 Å². The minimum Gasteiger partial charge on any atom is -0.0609 e. The van der Waals surface area contributed by atoms with Crippen LogP contribution in [-0.4, -0.2) is 0 Å². The van der Waals surface area contributed by atoms with Gasteiger partial charge in [0.25, 0.3) is 0 Å². The van der Waals surface area contributed by atoms with Crippen LogP contribution in [0.3, 0.4) is 0 Å². The molecular weight excluding hydrogens is 248 g/mol. The summed E-state index contributed by atoms with van der Waals surface area (Å²) in [5.74, 6) is 0. The van der Waals surface area contributed by atoms with Crippen LogP contribution in [0.1, 0.15) is 49.7 Å². The molecule has 0 bridgehead atoms. The van der Waals surface area contributed by atoms with Gasteiger partial charge in [0.2, 0.25) is 0 Å². The summed E-state index contributed by atoms with van der Waals surface area (Å²) < 4.78 is 1.36. The highest BCUT2D eigenvalue weighted by molar-refractivity contribution is 9.10. The topological polar surface area (TPSA) is 0 Å². The van der Waals surface area contributed by atoms with Gasteiger partial charge in [0.15, 0.2) is 0 Å². The molecule has 1 spiro atoms. The average molecular weight is 265 g/mol. The normalized spacial score (nSPS) is 23.0. The van der Waals surface area contributed by atoms with E-state index in [1.165, 1.54) is 49.4 Å². The van der Waals surface area contributed by atoms with E-state index in [2.05, 4.69) is 34.1 Å². The van der Waals surface area contributed by atoms with Crippen molar-refractivity contribution in [3.63, 3.8) is 0 Å². The molecule has 0 nitrogen and oxygen atoms in total. The Kier molecular flexibility index (Phi) is 2.39. The molecule has 1 fully saturated rings. The van der Waals surface area contributed by atoms with Gasteiger partial charge in [-0.3, -0.25) is 0 Å². The van der Waals surface area contributed by atoms with Crippen LogP contribution < -0.4 is 0 Å². The molecular formula is C14H17Br. The van der Waals surface area contributed by atoms with Gasteiger partial charge in [-0.2, -0.15) is 0 Å². The Morgan fingerprint density at radius 2 is 1.80 bits per heavy atom. The van der Waals surface area contributed by atoms with Crippen molar-refractivity contribution in [1.82, 2.24) is 0 Å². The maximum absolute atomic E-state index is 3.76. The minimum atomic E-state index is 0.549. The van der Waals surface area contributed by atoms with E-state index in [-0.39, 0.29) is 0 Å². The maximum Gasteiger partial charge on any atom is 0.0215 e. The van der Waals surface area contributed by atoms with E-state index in [9.17, 15) is 0 Å². The zero-order valence-corrected chi connectivity index (χ0v) is 10.6. The van der Waals surface area contributed by atoms with Crippen molar-refractivity contribution in [2.75, 3.05) is 0 Å². The fourth-order valence-corrected chi connectivity index (χ4v) is 4.43. The molecule has 0 aliphatic heterocycles. The van der Waals surface area contributed by atoms with Crippen molar-refractivity contribution in [2.24, 2.45) is 0 Å². The van der Waals surface area contributed by atoms with Crippen LogP contribution in [0.4, 0.5) is 0 Å². The number of rotatable bonds is 0. The van der Waals surface area contributed by atoms with Crippen LogP contribution in [0.2, 0.25) is 0 Å². The van der Waals surface area contributed by atoms with E-state index in [0.29, 0.717) is 5.41 Å². The predicted molar refractivity (Wildman–Crippen MR) is 67.2 cm³/mol. The van der Waals surface area contributed by atoms with Crippen LogP contribution in [0.15, 0.2) is 22.7 Å². The molecule has 0 amide bonds. The van der Waals surface area contributed by atoms with Gasteiger partial charge in [0.1, 0.15) is 0 Å². The summed E-state index contributed by atoms with van der Waals surface area (Å²) in [6.45, 7) is 0. The average Bonchev–Trinajstić information content (AvgIpc) is 2.60. The van der Waals surface area contributed by atoms with Crippen molar-refractivity contribution in [3.8, 4) is 0 Å². The van der Waals surface area contributed by atoms with Crippen molar-refractivity contribution in [1.29, 1.82) is 0 Å². The zero-order valence-electron chi connectivity index (χ0n) is 9.06. The first-order valence-corrected chi connectivity index (χ1v) is 6.89. The monoisotopic (exact) mass is 264 g/mol. The van der Waals surface area contributed by atoms with Gasteiger partial charge in [-0.25, -0.2) is 0 Å². The third-order valence-corrected chi connectivity index (χ3v) is 4.97. The summed E-state index contributed by atoms with van der Waals surface area (Å²) in [7, 11) is 0. The van der Waals surface area contributed by atoms with Crippen LogP contribution in [0.25, 0.3) is 0 Å². The van der Waals surface area contributed by atoms with E-state index < -0.39 is 0 Å². The van der Waals surface area contributed by atoms with Crippen LogP contribution in [-0.2, 0) is 11.8 Å². The fraction of sp³-hybridized carbons (Fsp3) is 0.571. The highest BCUT2D eigenvalue weighted by atomic mass is 79.9. The molecule has 3 rings (SSSR count). The molecule has 0 radical (unpaired) electrons. The van der Waals surface area contributed by atoms with Crippen LogP contribution in [0, 0.1) is 0 Å². The first kappa shape index (κ1) is 9.89. The van der Waals surface area contributed by atoms with E-state index in [1.807, 2.05) is 0 Å². The molecule has 15 heavy (non-hydrogen) atoms. The molecule has 2 aliphatic rings. The molecule has 1 heteroatoms. The molecule has 0 unspecified atom stereocenters. The molecule has 0 N–H and O–H groups in total. The number of hydrogen-bond donors (Lipinski definition) is 0. The second-order valence-electron chi connectivity index (χ2n) is 5.11.